The van der Waals surface area contributed by atoms with Gasteiger partial charge in [0, 0.05) is 12.2 Å². The van der Waals surface area contributed by atoms with Crippen molar-refractivity contribution in [3.8, 4) is 11.8 Å². The van der Waals surface area contributed by atoms with E-state index >= 15 is 0 Å². The van der Waals surface area contributed by atoms with E-state index in [1.165, 1.54) is 4.90 Å². The number of hydrogen-bond donors (Lipinski definition) is 1. The van der Waals surface area contributed by atoms with E-state index in [0.717, 1.165) is 0 Å². The zero-order valence-electron chi connectivity index (χ0n) is 12.7. The predicted molar refractivity (Wildman–Crippen MR) is 85.8 cm³/mol. The van der Waals surface area contributed by atoms with E-state index in [0.29, 0.717) is 22.6 Å². The van der Waals surface area contributed by atoms with Gasteiger partial charge in [0.25, 0.3) is 5.91 Å². The molecule has 6 heteroatoms. The quantitative estimate of drug-likeness (QED) is 0.931. The molecule has 1 unspecified atom stereocenters. The second-order valence-electron chi connectivity index (χ2n) is 5.38. The third kappa shape index (κ3) is 2.92. The Morgan fingerprint density at radius 1 is 1.21 bits per heavy atom. The molecule has 0 spiro atoms. The standard InChI is InChI=1S/C18H14N2O4/c19-9-12-5-7-13(8-6-12)24-11-17(21)20-10-15(18(22)23)14-3-1-2-4-16(14)20/h1-8,15H,10-11H2,(H,22,23). The lowest BCUT2D eigenvalue weighted by molar-refractivity contribution is -0.138. The SMILES string of the molecule is N#Cc1ccc(OCC(=O)N2CC(C(=O)O)c3ccccc32)cc1. The first-order chi connectivity index (χ1) is 11.6. The molecule has 0 saturated carbocycles. The molecule has 0 aliphatic carbocycles. The molecule has 3 rings (SSSR count). The number of aliphatic carboxylic acids is 1. The zero-order valence-corrected chi connectivity index (χ0v) is 12.7. The van der Waals surface area contributed by atoms with Crippen LogP contribution in [0.15, 0.2) is 48.5 Å². The molecule has 0 saturated heterocycles. The number of carboxylic acids is 1. The third-order valence-electron chi connectivity index (χ3n) is 3.91. The number of para-hydroxylation sites is 1. The van der Waals surface area contributed by atoms with Crippen molar-refractivity contribution in [2.24, 2.45) is 0 Å². The first kappa shape index (κ1) is 15.6. The first-order valence-corrected chi connectivity index (χ1v) is 7.35. The van der Waals surface area contributed by atoms with Crippen LogP contribution in [0.3, 0.4) is 0 Å². The van der Waals surface area contributed by atoms with Crippen LogP contribution in [-0.4, -0.2) is 30.1 Å². The van der Waals surface area contributed by atoms with Crippen LogP contribution in [0.25, 0.3) is 0 Å². The van der Waals surface area contributed by atoms with E-state index in [1.807, 2.05) is 6.07 Å². The average Bonchev–Trinajstić information content (AvgIpc) is 3.00. The number of carbonyl (C=O) groups is 2. The molecule has 0 fully saturated rings. The maximum atomic E-state index is 12.4. The predicted octanol–water partition coefficient (Wildman–Crippen LogP) is 2.15. The fraction of sp³-hybridized carbons (Fsp3) is 0.167. The smallest absolute Gasteiger partial charge is 0.312 e. The highest BCUT2D eigenvalue weighted by Crippen LogP contribution is 2.36. The summed E-state index contributed by atoms with van der Waals surface area (Å²) in [4.78, 5) is 25.2. The van der Waals surface area contributed by atoms with Gasteiger partial charge < -0.3 is 14.7 Å². The maximum absolute atomic E-state index is 12.4. The van der Waals surface area contributed by atoms with Crippen molar-refractivity contribution in [1.82, 2.24) is 0 Å². The molecule has 0 bridgehead atoms. The van der Waals surface area contributed by atoms with Gasteiger partial charge in [-0.15, -0.1) is 0 Å². The van der Waals surface area contributed by atoms with E-state index in [4.69, 9.17) is 10.00 Å². The molecule has 1 aliphatic heterocycles. The first-order valence-electron chi connectivity index (χ1n) is 7.35. The Bertz CT molecular complexity index is 824. The van der Waals surface area contributed by atoms with Crippen molar-refractivity contribution in [3.05, 3.63) is 59.7 Å². The van der Waals surface area contributed by atoms with Crippen LogP contribution < -0.4 is 9.64 Å². The average molecular weight is 322 g/mol. The van der Waals surface area contributed by atoms with Gasteiger partial charge in [0.15, 0.2) is 6.61 Å². The minimum Gasteiger partial charge on any atom is -0.484 e. The highest BCUT2D eigenvalue weighted by Gasteiger charge is 2.36. The van der Waals surface area contributed by atoms with E-state index in [-0.39, 0.29) is 19.1 Å². The van der Waals surface area contributed by atoms with Crippen LogP contribution in [0.2, 0.25) is 0 Å². The number of amides is 1. The molecular weight excluding hydrogens is 308 g/mol. The van der Waals surface area contributed by atoms with Crippen LogP contribution in [0, 0.1) is 11.3 Å². The summed E-state index contributed by atoms with van der Waals surface area (Å²) in [6.45, 7) is -0.100. The summed E-state index contributed by atoms with van der Waals surface area (Å²) in [6, 6.07) is 15.4. The Labute approximate surface area is 138 Å². The number of carboxylic acid groups (broad SMARTS) is 1. The van der Waals surface area contributed by atoms with E-state index in [2.05, 4.69) is 0 Å². The fourth-order valence-electron chi connectivity index (χ4n) is 2.70. The Hall–Kier alpha value is -3.33. The molecular formula is C18H14N2O4. The molecule has 1 heterocycles. The summed E-state index contributed by atoms with van der Waals surface area (Å²) in [5.74, 6) is -1.51. The Kier molecular flexibility index (Phi) is 4.17. The van der Waals surface area contributed by atoms with Gasteiger partial charge in [-0.2, -0.15) is 5.26 Å². The molecule has 0 aromatic heterocycles. The van der Waals surface area contributed by atoms with Gasteiger partial charge in [-0.05, 0) is 35.9 Å². The highest BCUT2D eigenvalue weighted by molar-refractivity contribution is 5.99. The molecule has 2 aromatic rings. The van der Waals surface area contributed by atoms with E-state index in [1.54, 1.807) is 48.5 Å². The molecule has 1 amide bonds. The van der Waals surface area contributed by atoms with Crippen molar-refractivity contribution < 1.29 is 19.4 Å². The van der Waals surface area contributed by atoms with Gasteiger partial charge in [0.1, 0.15) is 11.7 Å². The maximum Gasteiger partial charge on any atom is 0.312 e. The van der Waals surface area contributed by atoms with Gasteiger partial charge in [-0.25, -0.2) is 0 Å². The van der Waals surface area contributed by atoms with Gasteiger partial charge in [0.05, 0.1) is 11.6 Å². The summed E-state index contributed by atoms with van der Waals surface area (Å²) in [6.07, 6.45) is 0. The molecule has 6 nitrogen and oxygen atoms in total. The number of carbonyl (C=O) groups excluding carboxylic acids is 1. The lowest BCUT2D eigenvalue weighted by Crippen LogP contribution is -2.35. The van der Waals surface area contributed by atoms with Gasteiger partial charge in [-0.1, -0.05) is 18.2 Å². The summed E-state index contributed by atoms with van der Waals surface area (Å²) in [7, 11) is 0. The number of anilines is 1. The molecule has 1 N–H and O–H groups in total. The Balaban J connectivity index is 1.71. The largest absolute Gasteiger partial charge is 0.484 e. The monoisotopic (exact) mass is 322 g/mol. The van der Waals surface area contributed by atoms with E-state index in [9.17, 15) is 14.7 Å². The van der Waals surface area contributed by atoms with Crippen LogP contribution in [-0.2, 0) is 9.59 Å². The number of ether oxygens (including phenoxy) is 1. The van der Waals surface area contributed by atoms with Gasteiger partial charge >= 0.3 is 5.97 Å². The lowest BCUT2D eigenvalue weighted by Gasteiger charge is -2.17. The van der Waals surface area contributed by atoms with Crippen molar-refractivity contribution in [3.63, 3.8) is 0 Å². The molecule has 2 aromatic carbocycles. The summed E-state index contributed by atoms with van der Waals surface area (Å²) in [5.41, 5.74) is 1.75. The molecule has 120 valence electrons. The van der Waals surface area contributed by atoms with Gasteiger partial charge in [0.2, 0.25) is 0 Å². The normalized spacial score (nSPS) is 15.5. The third-order valence-corrected chi connectivity index (χ3v) is 3.91. The van der Waals surface area contributed by atoms with Crippen molar-refractivity contribution >= 4 is 17.6 Å². The fourth-order valence-corrected chi connectivity index (χ4v) is 2.70. The van der Waals surface area contributed by atoms with Crippen LogP contribution >= 0.6 is 0 Å². The second kappa shape index (κ2) is 6.42. The number of fused-ring (bicyclic) bond motifs is 1. The summed E-state index contributed by atoms with van der Waals surface area (Å²) in [5, 5.41) is 18.1. The molecule has 24 heavy (non-hydrogen) atoms. The second-order valence-corrected chi connectivity index (χ2v) is 5.38. The van der Waals surface area contributed by atoms with Crippen LogP contribution in [0.5, 0.6) is 5.75 Å². The Morgan fingerprint density at radius 2 is 1.92 bits per heavy atom. The van der Waals surface area contributed by atoms with Crippen LogP contribution in [0.4, 0.5) is 5.69 Å². The van der Waals surface area contributed by atoms with Crippen molar-refractivity contribution in [2.45, 2.75) is 5.92 Å². The Morgan fingerprint density at radius 3 is 2.58 bits per heavy atom. The lowest BCUT2D eigenvalue weighted by atomic mass is 10.0. The number of hydrogen-bond acceptors (Lipinski definition) is 4. The van der Waals surface area contributed by atoms with Crippen molar-refractivity contribution in [2.75, 3.05) is 18.1 Å². The van der Waals surface area contributed by atoms with Crippen LogP contribution in [0.1, 0.15) is 17.0 Å². The number of benzene rings is 2. The molecule has 1 aliphatic rings. The van der Waals surface area contributed by atoms with Gasteiger partial charge in [-0.3, -0.25) is 9.59 Å². The number of rotatable bonds is 4. The topological polar surface area (TPSA) is 90.6 Å². The summed E-state index contributed by atoms with van der Waals surface area (Å²) >= 11 is 0. The highest BCUT2D eigenvalue weighted by atomic mass is 16.5. The zero-order chi connectivity index (χ0) is 17.1. The number of nitriles is 1. The molecule has 1 atom stereocenters. The minimum atomic E-state index is -0.953. The summed E-state index contributed by atoms with van der Waals surface area (Å²) < 4.78 is 5.44. The minimum absolute atomic E-state index is 0.101. The number of nitrogens with zero attached hydrogens (tertiary/aromatic N) is 2. The van der Waals surface area contributed by atoms with Crippen molar-refractivity contribution in [1.29, 1.82) is 5.26 Å². The molecule has 0 radical (unpaired) electrons. The van der Waals surface area contributed by atoms with E-state index < -0.39 is 11.9 Å².